The molecule has 1 unspecified atom stereocenters. The number of ketones is 1. The Hall–Kier alpha value is -1.12. The molecule has 0 saturated carbocycles. The zero-order chi connectivity index (χ0) is 12.1. The molecule has 0 heterocycles. The molecular formula is C13H20O3. The second-order valence-corrected chi connectivity index (χ2v) is 4.55. The van der Waals surface area contributed by atoms with Crippen molar-refractivity contribution in [1.29, 1.82) is 0 Å². The van der Waals surface area contributed by atoms with Crippen molar-refractivity contribution in [2.75, 3.05) is 0 Å². The maximum absolute atomic E-state index is 11.6. The number of hydrogen-bond acceptors (Lipinski definition) is 2. The lowest BCUT2D eigenvalue weighted by molar-refractivity contribution is -0.136. The highest BCUT2D eigenvalue weighted by molar-refractivity contribution is 6.02. The van der Waals surface area contributed by atoms with Crippen LogP contribution in [0.5, 0.6) is 0 Å². The molecule has 0 bridgehead atoms. The molecule has 90 valence electrons. The van der Waals surface area contributed by atoms with E-state index in [9.17, 15) is 9.59 Å². The topological polar surface area (TPSA) is 54.4 Å². The summed E-state index contributed by atoms with van der Waals surface area (Å²) in [6, 6.07) is 0. The molecule has 1 aliphatic carbocycles. The van der Waals surface area contributed by atoms with Gasteiger partial charge in [-0.05, 0) is 19.3 Å². The lowest BCUT2D eigenvalue weighted by atomic mass is 9.95. The molecule has 0 radical (unpaired) electrons. The van der Waals surface area contributed by atoms with E-state index in [2.05, 4.69) is 6.92 Å². The van der Waals surface area contributed by atoms with Crippen molar-refractivity contribution >= 4 is 11.8 Å². The lowest BCUT2D eigenvalue weighted by Gasteiger charge is -2.10. The largest absolute Gasteiger partial charge is 0.481 e. The fraction of sp³-hybridized carbons (Fsp3) is 0.692. The minimum Gasteiger partial charge on any atom is -0.481 e. The van der Waals surface area contributed by atoms with E-state index in [4.69, 9.17) is 5.11 Å². The predicted octanol–water partition coefficient (Wildman–Crippen LogP) is 2.95. The Balaban J connectivity index is 2.60. The van der Waals surface area contributed by atoms with E-state index in [1.807, 2.05) is 6.92 Å². The summed E-state index contributed by atoms with van der Waals surface area (Å²) in [5.74, 6) is -0.563. The highest BCUT2D eigenvalue weighted by Crippen LogP contribution is 2.34. The Kier molecular flexibility index (Phi) is 4.71. The molecule has 0 aliphatic heterocycles. The number of aliphatic carboxylic acids is 1. The third kappa shape index (κ3) is 3.19. The van der Waals surface area contributed by atoms with E-state index in [1.54, 1.807) is 0 Å². The van der Waals surface area contributed by atoms with E-state index < -0.39 is 5.97 Å². The van der Waals surface area contributed by atoms with Crippen molar-refractivity contribution in [2.24, 2.45) is 5.92 Å². The van der Waals surface area contributed by atoms with E-state index >= 15 is 0 Å². The lowest BCUT2D eigenvalue weighted by Crippen LogP contribution is -2.03. The number of carbonyl (C=O) groups is 2. The Labute approximate surface area is 96.5 Å². The van der Waals surface area contributed by atoms with Gasteiger partial charge in [0.2, 0.25) is 0 Å². The van der Waals surface area contributed by atoms with Crippen LogP contribution in [0.1, 0.15) is 52.4 Å². The van der Waals surface area contributed by atoms with Gasteiger partial charge in [0.25, 0.3) is 0 Å². The molecule has 0 amide bonds. The van der Waals surface area contributed by atoms with Crippen molar-refractivity contribution in [2.45, 2.75) is 52.4 Å². The molecule has 1 aliphatic rings. The number of carboxylic acids is 1. The first kappa shape index (κ1) is 12.9. The molecule has 16 heavy (non-hydrogen) atoms. The molecule has 0 aromatic carbocycles. The minimum atomic E-state index is -0.906. The first-order valence-corrected chi connectivity index (χ1v) is 6.00. The summed E-state index contributed by atoms with van der Waals surface area (Å²) in [4.78, 5) is 22.3. The minimum absolute atomic E-state index is 0.0430. The zero-order valence-electron chi connectivity index (χ0n) is 10.1. The third-order valence-corrected chi connectivity index (χ3v) is 3.34. The van der Waals surface area contributed by atoms with Crippen LogP contribution in [0.4, 0.5) is 0 Å². The Morgan fingerprint density at radius 2 is 2.12 bits per heavy atom. The van der Waals surface area contributed by atoms with Crippen LogP contribution >= 0.6 is 0 Å². The van der Waals surface area contributed by atoms with Crippen molar-refractivity contribution in [3.05, 3.63) is 11.1 Å². The summed E-state index contributed by atoms with van der Waals surface area (Å²) in [5, 5.41) is 8.72. The van der Waals surface area contributed by atoms with Gasteiger partial charge >= 0.3 is 5.97 Å². The average Bonchev–Trinajstić information content (AvgIpc) is 2.46. The monoisotopic (exact) mass is 224 g/mol. The van der Waals surface area contributed by atoms with Crippen molar-refractivity contribution < 1.29 is 14.7 Å². The van der Waals surface area contributed by atoms with Gasteiger partial charge in [-0.2, -0.15) is 0 Å². The number of allylic oxidation sites excluding steroid dienone is 1. The Morgan fingerprint density at radius 3 is 2.69 bits per heavy atom. The van der Waals surface area contributed by atoms with Crippen LogP contribution in [0.15, 0.2) is 11.1 Å². The summed E-state index contributed by atoms with van der Waals surface area (Å²) < 4.78 is 0. The second-order valence-electron chi connectivity index (χ2n) is 4.55. The van der Waals surface area contributed by atoms with E-state index in [0.29, 0.717) is 17.9 Å². The molecule has 3 heteroatoms. The van der Waals surface area contributed by atoms with Gasteiger partial charge in [0.05, 0.1) is 6.42 Å². The van der Waals surface area contributed by atoms with Crippen LogP contribution in [0, 0.1) is 5.92 Å². The van der Waals surface area contributed by atoms with E-state index in [-0.39, 0.29) is 12.2 Å². The standard InChI is InChI=1S/C13H20O3/c1-3-4-5-6-10-7-12(14)11(9(10)2)8-13(15)16/h10H,3-8H2,1-2H3,(H,15,16). The smallest absolute Gasteiger partial charge is 0.307 e. The van der Waals surface area contributed by atoms with Gasteiger partial charge in [0.1, 0.15) is 0 Å². The van der Waals surface area contributed by atoms with Gasteiger partial charge < -0.3 is 5.11 Å². The zero-order valence-corrected chi connectivity index (χ0v) is 10.1. The Bertz CT molecular complexity index is 315. The summed E-state index contributed by atoms with van der Waals surface area (Å²) >= 11 is 0. The normalized spacial score (nSPS) is 20.6. The molecule has 1 N–H and O–H groups in total. The fourth-order valence-electron chi connectivity index (χ4n) is 2.31. The summed E-state index contributed by atoms with van der Waals surface area (Å²) in [7, 11) is 0. The van der Waals surface area contributed by atoms with Gasteiger partial charge in [0, 0.05) is 12.0 Å². The summed E-state index contributed by atoms with van der Waals surface area (Å²) in [6.07, 6.45) is 4.94. The van der Waals surface area contributed by atoms with Crippen molar-refractivity contribution in [3.8, 4) is 0 Å². The van der Waals surface area contributed by atoms with E-state index in [1.165, 1.54) is 12.8 Å². The Morgan fingerprint density at radius 1 is 1.44 bits per heavy atom. The fourth-order valence-corrected chi connectivity index (χ4v) is 2.31. The van der Waals surface area contributed by atoms with Gasteiger partial charge in [-0.15, -0.1) is 0 Å². The molecule has 0 saturated heterocycles. The summed E-state index contributed by atoms with van der Waals surface area (Å²) in [5.41, 5.74) is 1.57. The molecule has 1 atom stereocenters. The predicted molar refractivity (Wildman–Crippen MR) is 62.2 cm³/mol. The SMILES string of the molecule is CCCCCC1CC(=O)C(CC(=O)O)=C1C. The maximum Gasteiger partial charge on any atom is 0.307 e. The van der Waals surface area contributed by atoms with Crippen LogP contribution in [0.2, 0.25) is 0 Å². The van der Waals surface area contributed by atoms with E-state index in [0.717, 1.165) is 18.4 Å². The molecule has 0 fully saturated rings. The first-order valence-electron chi connectivity index (χ1n) is 6.00. The quantitative estimate of drug-likeness (QED) is 0.706. The second kappa shape index (κ2) is 5.83. The number of unbranched alkanes of at least 4 members (excludes halogenated alkanes) is 2. The van der Waals surface area contributed by atoms with Crippen molar-refractivity contribution in [1.82, 2.24) is 0 Å². The number of hydrogen-bond donors (Lipinski definition) is 1. The highest BCUT2D eigenvalue weighted by atomic mass is 16.4. The summed E-state index contributed by atoms with van der Waals surface area (Å²) in [6.45, 7) is 4.07. The number of carboxylic acid groups (broad SMARTS) is 1. The molecule has 0 aromatic rings. The van der Waals surface area contributed by atoms with Gasteiger partial charge in [0.15, 0.2) is 5.78 Å². The third-order valence-electron chi connectivity index (χ3n) is 3.34. The number of Topliss-reactive ketones (excluding diaryl/α,β-unsaturated/α-hetero) is 1. The van der Waals surface area contributed by atoms with Crippen LogP contribution in [0.3, 0.4) is 0 Å². The molecule has 3 nitrogen and oxygen atoms in total. The molecule has 1 rings (SSSR count). The average molecular weight is 224 g/mol. The first-order chi connectivity index (χ1) is 7.56. The number of carbonyl (C=O) groups excluding carboxylic acids is 1. The molecule has 0 aromatic heterocycles. The van der Waals surface area contributed by atoms with Gasteiger partial charge in [-0.3, -0.25) is 9.59 Å². The van der Waals surface area contributed by atoms with Gasteiger partial charge in [-0.1, -0.05) is 31.8 Å². The molecule has 0 spiro atoms. The highest BCUT2D eigenvalue weighted by Gasteiger charge is 2.29. The van der Waals surface area contributed by atoms with Crippen LogP contribution in [-0.2, 0) is 9.59 Å². The van der Waals surface area contributed by atoms with Gasteiger partial charge in [-0.25, -0.2) is 0 Å². The van der Waals surface area contributed by atoms with Crippen LogP contribution < -0.4 is 0 Å². The van der Waals surface area contributed by atoms with Crippen molar-refractivity contribution in [3.63, 3.8) is 0 Å². The maximum atomic E-state index is 11.6. The van der Waals surface area contributed by atoms with Crippen LogP contribution in [0.25, 0.3) is 0 Å². The number of rotatable bonds is 6. The molecular weight excluding hydrogens is 204 g/mol. The van der Waals surface area contributed by atoms with Crippen LogP contribution in [-0.4, -0.2) is 16.9 Å².